The zero-order chi connectivity index (χ0) is 18.3. The molecule has 0 bridgehead atoms. The van der Waals surface area contributed by atoms with E-state index in [4.69, 9.17) is 0 Å². The predicted octanol–water partition coefficient (Wildman–Crippen LogP) is 5.94. The molecule has 0 heterocycles. The second-order valence-electron chi connectivity index (χ2n) is 8.01. The van der Waals surface area contributed by atoms with E-state index in [1.807, 2.05) is 0 Å². The van der Waals surface area contributed by atoms with Gasteiger partial charge in [-0.3, -0.25) is 0 Å². The number of unbranched alkanes of at least 4 members (excludes halogenated alkanes) is 14. The molecule has 0 N–H and O–H groups in total. The van der Waals surface area contributed by atoms with Gasteiger partial charge in [-0.2, -0.15) is 0 Å². The normalized spacial score (nSPS) is 12.7. The van der Waals surface area contributed by atoms with Crippen LogP contribution in [0.3, 0.4) is 0 Å². The first-order valence-corrected chi connectivity index (χ1v) is 11.9. The van der Waals surface area contributed by atoms with Crippen LogP contribution < -0.4 is 9.79 Å². The van der Waals surface area contributed by atoms with E-state index in [1.54, 1.807) is 13.8 Å². The quantitative estimate of drug-likeness (QED) is 0.238. The molecule has 3 nitrogen and oxygen atoms in total. The molecule has 0 amide bonds. The standard InChI is InChI=1S/C20H43O3P/c1-4-5-6-7-8-9-10-11-12-13-14-15-16-17-18-19-20(2,3)24(21,22)23/h4-19H2,1-3H3,(H2,21,22,23)/p-2. The lowest BCUT2D eigenvalue weighted by Crippen LogP contribution is -2.33. The smallest absolute Gasteiger partial charge is 0.00761 e. The summed E-state index contributed by atoms with van der Waals surface area (Å²) in [5, 5.41) is -1.08. The number of rotatable bonds is 17. The fourth-order valence-electron chi connectivity index (χ4n) is 3.07. The van der Waals surface area contributed by atoms with Gasteiger partial charge in [0.15, 0.2) is 0 Å². The summed E-state index contributed by atoms with van der Waals surface area (Å²) in [6.45, 7) is 5.37. The van der Waals surface area contributed by atoms with Gasteiger partial charge >= 0.3 is 0 Å². The van der Waals surface area contributed by atoms with Crippen molar-refractivity contribution in [2.24, 2.45) is 0 Å². The van der Waals surface area contributed by atoms with Crippen LogP contribution >= 0.6 is 7.60 Å². The third kappa shape index (κ3) is 13.4. The SMILES string of the molecule is CCCCCCCCCCCCCCCCCC(C)(C)P(=O)([O-])[O-]. The lowest BCUT2D eigenvalue weighted by atomic mass is 10.0. The summed E-state index contributed by atoms with van der Waals surface area (Å²) in [5.41, 5.74) is 0. The first-order valence-electron chi connectivity index (χ1n) is 10.3. The summed E-state index contributed by atoms with van der Waals surface area (Å²) in [6.07, 6.45) is 19.9. The molecule has 0 aromatic carbocycles. The average Bonchev–Trinajstić information content (AvgIpc) is 2.50. The average molecular weight is 361 g/mol. The molecule has 0 radical (unpaired) electrons. The van der Waals surface area contributed by atoms with Crippen LogP contribution in [0.15, 0.2) is 0 Å². The highest BCUT2D eigenvalue weighted by Crippen LogP contribution is 2.45. The van der Waals surface area contributed by atoms with Crippen LogP contribution in [0.1, 0.15) is 124 Å². The van der Waals surface area contributed by atoms with Crippen molar-refractivity contribution in [2.45, 2.75) is 129 Å². The highest BCUT2D eigenvalue weighted by atomic mass is 31.2. The maximum atomic E-state index is 11.1. The third-order valence-electron chi connectivity index (χ3n) is 5.13. The largest absolute Gasteiger partial charge is 0.810 e. The van der Waals surface area contributed by atoms with Crippen LogP contribution in [0.25, 0.3) is 0 Å². The summed E-state index contributed by atoms with van der Waals surface area (Å²) in [6, 6.07) is 0. The van der Waals surface area contributed by atoms with Crippen LogP contribution in [0.4, 0.5) is 0 Å². The molecule has 0 saturated heterocycles. The molecule has 0 spiro atoms. The minimum absolute atomic E-state index is 0.496. The molecule has 0 fully saturated rings. The van der Waals surface area contributed by atoms with Gasteiger partial charge in [0, 0.05) is 0 Å². The van der Waals surface area contributed by atoms with Crippen LogP contribution in [-0.2, 0) is 4.57 Å². The van der Waals surface area contributed by atoms with E-state index < -0.39 is 12.8 Å². The molecule has 0 unspecified atom stereocenters. The zero-order valence-electron chi connectivity index (χ0n) is 16.5. The van der Waals surface area contributed by atoms with Crippen molar-refractivity contribution in [3.63, 3.8) is 0 Å². The van der Waals surface area contributed by atoms with E-state index in [1.165, 1.54) is 77.0 Å². The molecule has 0 aliphatic carbocycles. The van der Waals surface area contributed by atoms with Crippen molar-refractivity contribution < 1.29 is 14.4 Å². The summed E-state index contributed by atoms with van der Waals surface area (Å²) in [7, 11) is -4.46. The highest BCUT2D eigenvalue weighted by Gasteiger charge is 2.21. The lowest BCUT2D eigenvalue weighted by molar-refractivity contribution is -0.320. The van der Waals surface area contributed by atoms with Crippen LogP contribution in [0.5, 0.6) is 0 Å². The summed E-state index contributed by atoms with van der Waals surface area (Å²) >= 11 is 0. The molecule has 0 aromatic rings. The topological polar surface area (TPSA) is 63.2 Å². The first-order chi connectivity index (χ1) is 11.3. The van der Waals surface area contributed by atoms with Gasteiger partial charge in [0.2, 0.25) is 0 Å². The molecule has 0 aliphatic heterocycles. The van der Waals surface area contributed by atoms with Gasteiger partial charge in [-0.1, -0.05) is 125 Å². The van der Waals surface area contributed by atoms with Gasteiger partial charge in [-0.05, 0) is 11.6 Å². The fraction of sp³-hybridized carbons (Fsp3) is 1.00. The molecule has 0 rings (SSSR count). The van der Waals surface area contributed by atoms with E-state index in [0.29, 0.717) is 6.42 Å². The molecule has 0 saturated carbocycles. The molecule has 146 valence electrons. The second kappa shape index (κ2) is 14.3. The van der Waals surface area contributed by atoms with Crippen molar-refractivity contribution in [3.05, 3.63) is 0 Å². The summed E-state index contributed by atoms with van der Waals surface area (Å²) in [5.74, 6) is 0. The highest BCUT2D eigenvalue weighted by molar-refractivity contribution is 7.50. The van der Waals surface area contributed by atoms with E-state index in [-0.39, 0.29) is 0 Å². The Labute approximate surface area is 151 Å². The monoisotopic (exact) mass is 360 g/mol. The Morgan fingerprint density at radius 2 is 0.917 bits per heavy atom. The molecule has 4 heteroatoms. The van der Waals surface area contributed by atoms with E-state index in [2.05, 4.69) is 6.92 Å². The van der Waals surface area contributed by atoms with E-state index in [9.17, 15) is 14.4 Å². The molecular formula is C20H41O3P-2. The van der Waals surface area contributed by atoms with E-state index in [0.717, 1.165) is 19.3 Å². The molecule has 0 atom stereocenters. The maximum absolute atomic E-state index is 11.1. The van der Waals surface area contributed by atoms with Gasteiger partial charge in [-0.25, -0.2) is 0 Å². The van der Waals surface area contributed by atoms with Crippen molar-refractivity contribution in [2.75, 3.05) is 0 Å². The Morgan fingerprint density at radius 3 is 1.21 bits per heavy atom. The Hall–Kier alpha value is 0.150. The Bertz CT molecular complexity index is 323. The second-order valence-corrected chi connectivity index (χ2v) is 10.2. The van der Waals surface area contributed by atoms with Gasteiger partial charge in [-0.15, -0.1) is 0 Å². The zero-order valence-corrected chi connectivity index (χ0v) is 17.4. The predicted molar refractivity (Wildman–Crippen MR) is 101 cm³/mol. The molecular weight excluding hydrogens is 319 g/mol. The van der Waals surface area contributed by atoms with Crippen molar-refractivity contribution in [1.29, 1.82) is 0 Å². The van der Waals surface area contributed by atoms with Gasteiger partial charge in [0.1, 0.15) is 0 Å². The maximum Gasteiger partial charge on any atom is -0.00761 e. The van der Waals surface area contributed by atoms with Gasteiger partial charge < -0.3 is 14.4 Å². The van der Waals surface area contributed by atoms with Crippen molar-refractivity contribution >= 4 is 7.60 Å². The number of hydrogen-bond donors (Lipinski definition) is 0. The Kier molecular flexibility index (Phi) is 14.4. The van der Waals surface area contributed by atoms with Crippen molar-refractivity contribution in [3.8, 4) is 0 Å². The minimum Gasteiger partial charge on any atom is -0.810 e. The number of hydrogen-bond acceptors (Lipinski definition) is 3. The summed E-state index contributed by atoms with van der Waals surface area (Å²) in [4.78, 5) is 22.2. The molecule has 0 aliphatic rings. The Balaban J connectivity index is 3.25. The third-order valence-corrected chi connectivity index (χ3v) is 6.84. The minimum atomic E-state index is -4.46. The lowest BCUT2D eigenvalue weighted by Gasteiger charge is -2.45. The first kappa shape index (κ1) is 24.1. The van der Waals surface area contributed by atoms with Gasteiger partial charge in [0.05, 0.1) is 0 Å². The molecule has 24 heavy (non-hydrogen) atoms. The van der Waals surface area contributed by atoms with Crippen LogP contribution in [0, 0.1) is 0 Å². The molecule has 0 aromatic heterocycles. The van der Waals surface area contributed by atoms with Crippen molar-refractivity contribution in [1.82, 2.24) is 0 Å². The van der Waals surface area contributed by atoms with Crippen LogP contribution in [0.2, 0.25) is 0 Å². The van der Waals surface area contributed by atoms with E-state index >= 15 is 0 Å². The summed E-state index contributed by atoms with van der Waals surface area (Å²) < 4.78 is 11.1. The van der Waals surface area contributed by atoms with Crippen LogP contribution in [-0.4, -0.2) is 5.16 Å². The fourth-order valence-corrected chi connectivity index (χ4v) is 3.50. The Morgan fingerprint density at radius 1 is 0.625 bits per heavy atom. The van der Waals surface area contributed by atoms with Gasteiger partial charge in [0.25, 0.3) is 0 Å².